The number of carbonyl (C=O) groups excluding carboxylic acids is 3. The summed E-state index contributed by atoms with van der Waals surface area (Å²) in [5, 5.41) is 13.8. The summed E-state index contributed by atoms with van der Waals surface area (Å²) < 4.78 is 0. The van der Waals surface area contributed by atoms with E-state index in [0.717, 1.165) is 69.5 Å². The van der Waals surface area contributed by atoms with Crippen molar-refractivity contribution in [3.63, 3.8) is 0 Å². The van der Waals surface area contributed by atoms with Crippen molar-refractivity contribution in [2.45, 2.75) is 69.5 Å². The minimum atomic E-state index is -0.574. The molecule has 190 valence electrons. The second kappa shape index (κ2) is 9.78. The Morgan fingerprint density at radius 3 is 2.56 bits per heavy atom. The molecule has 3 amide bonds. The van der Waals surface area contributed by atoms with Gasteiger partial charge in [0, 0.05) is 42.6 Å². The molecule has 3 fully saturated rings. The molecule has 0 spiro atoms. The van der Waals surface area contributed by atoms with Gasteiger partial charge in [0.05, 0.1) is 5.69 Å². The summed E-state index contributed by atoms with van der Waals surface area (Å²) in [4.78, 5) is 41.2. The van der Waals surface area contributed by atoms with Gasteiger partial charge in [-0.25, -0.2) is 0 Å². The van der Waals surface area contributed by atoms with Gasteiger partial charge in [0.2, 0.25) is 11.8 Å². The Kier molecular flexibility index (Phi) is 6.35. The fourth-order valence-corrected chi connectivity index (χ4v) is 6.33. The molecule has 4 aliphatic rings. The summed E-state index contributed by atoms with van der Waals surface area (Å²) in [5.74, 6) is 0.346. The van der Waals surface area contributed by atoms with Gasteiger partial charge < -0.3 is 10.2 Å². The molecule has 3 saturated heterocycles. The van der Waals surface area contributed by atoms with E-state index in [9.17, 15) is 14.4 Å². The van der Waals surface area contributed by atoms with Crippen LogP contribution < -0.4 is 10.6 Å². The number of imide groups is 1. The topological polar surface area (TPSA) is 110 Å². The Morgan fingerprint density at radius 1 is 0.972 bits per heavy atom. The number of likely N-dealkylation sites (tertiary alicyclic amines) is 1. The van der Waals surface area contributed by atoms with Crippen molar-refractivity contribution in [3.05, 3.63) is 52.3 Å². The van der Waals surface area contributed by atoms with Crippen molar-refractivity contribution >= 4 is 17.7 Å². The number of fused-ring (bicyclic) bond motifs is 1. The number of aromatic nitrogens is 2. The van der Waals surface area contributed by atoms with E-state index < -0.39 is 6.04 Å². The first-order chi connectivity index (χ1) is 17.6. The number of nitrogens with zero attached hydrogens (tertiary/aromatic N) is 3. The van der Waals surface area contributed by atoms with Crippen LogP contribution in [0.25, 0.3) is 0 Å². The highest BCUT2D eigenvalue weighted by Gasteiger charge is 2.40. The third kappa shape index (κ3) is 4.46. The van der Waals surface area contributed by atoms with Gasteiger partial charge in [-0.05, 0) is 81.5 Å². The molecule has 36 heavy (non-hydrogen) atoms. The largest absolute Gasteiger partial charge is 0.322 e. The van der Waals surface area contributed by atoms with Crippen LogP contribution in [0.4, 0.5) is 0 Å². The summed E-state index contributed by atoms with van der Waals surface area (Å²) in [5.41, 5.74) is 5.36. The molecule has 1 aromatic carbocycles. The zero-order valence-electron chi connectivity index (χ0n) is 20.6. The molecule has 4 aliphatic heterocycles. The first-order valence-electron chi connectivity index (χ1n) is 13.3. The van der Waals surface area contributed by atoms with Gasteiger partial charge >= 0.3 is 0 Å². The zero-order chi connectivity index (χ0) is 24.6. The molecule has 2 aromatic rings. The van der Waals surface area contributed by atoms with Gasteiger partial charge in [-0.3, -0.25) is 29.7 Å². The van der Waals surface area contributed by atoms with Gasteiger partial charge in [0.15, 0.2) is 0 Å². The lowest BCUT2D eigenvalue weighted by atomic mass is 9.90. The Bertz CT molecular complexity index is 1160. The van der Waals surface area contributed by atoms with E-state index >= 15 is 0 Å². The summed E-state index contributed by atoms with van der Waals surface area (Å²) in [6, 6.07) is 7.63. The SMILES string of the molecule is O=C1CCC(N2Cc3c(CN4CCC(c5cc(C6CCNCC6)n[nH]5)CC4)cccc3C2=O)C(=O)N1. The first kappa shape index (κ1) is 23.4. The molecule has 5 heterocycles. The van der Waals surface area contributed by atoms with Gasteiger partial charge in [-0.1, -0.05) is 12.1 Å². The molecule has 0 bridgehead atoms. The molecule has 0 saturated carbocycles. The van der Waals surface area contributed by atoms with E-state index in [0.29, 0.717) is 30.4 Å². The highest BCUT2D eigenvalue weighted by Crippen LogP contribution is 2.33. The monoisotopic (exact) mass is 490 g/mol. The van der Waals surface area contributed by atoms with Crippen LogP contribution in [0, 0.1) is 0 Å². The number of H-pyrrole nitrogens is 1. The van der Waals surface area contributed by atoms with Crippen LogP contribution in [-0.4, -0.2) is 69.9 Å². The van der Waals surface area contributed by atoms with Crippen molar-refractivity contribution in [2.24, 2.45) is 0 Å². The molecule has 9 nitrogen and oxygen atoms in total. The van der Waals surface area contributed by atoms with Gasteiger partial charge in [-0.15, -0.1) is 0 Å². The number of benzene rings is 1. The lowest BCUT2D eigenvalue weighted by molar-refractivity contribution is -0.136. The van der Waals surface area contributed by atoms with Crippen LogP contribution in [0.1, 0.15) is 83.2 Å². The van der Waals surface area contributed by atoms with Crippen molar-refractivity contribution in [1.82, 2.24) is 30.6 Å². The second-order valence-corrected chi connectivity index (χ2v) is 10.7. The fourth-order valence-electron chi connectivity index (χ4n) is 6.33. The highest BCUT2D eigenvalue weighted by molar-refractivity contribution is 6.05. The lowest BCUT2D eigenvalue weighted by Gasteiger charge is -2.32. The quantitative estimate of drug-likeness (QED) is 0.553. The first-order valence-corrected chi connectivity index (χ1v) is 13.3. The molecule has 1 aromatic heterocycles. The number of hydrogen-bond donors (Lipinski definition) is 3. The van der Waals surface area contributed by atoms with E-state index in [4.69, 9.17) is 0 Å². The van der Waals surface area contributed by atoms with Crippen LogP contribution in [0.3, 0.4) is 0 Å². The average Bonchev–Trinajstić information content (AvgIpc) is 3.52. The lowest BCUT2D eigenvalue weighted by Crippen LogP contribution is -2.52. The molecule has 0 aliphatic carbocycles. The maximum Gasteiger partial charge on any atom is 0.255 e. The highest BCUT2D eigenvalue weighted by atomic mass is 16.2. The normalized spacial score (nSPS) is 24.3. The Morgan fingerprint density at radius 2 is 1.78 bits per heavy atom. The van der Waals surface area contributed by atoms with Crippen LogP contribution in [0.15, 0.2) is 24.3 Å². The molecule has 1 unspecified atom stereocenters. The Hall–Kier alpha value is -3.04. The summed E-state index contributed by atoms with van der Waals surface area (Å²) in [6.07, 6.45) is 5.16. The average molecular weight is 491 g/mol. The molecule has 3 N–H and O–H groups in total. The molecular weight excluding hydrogens is 456 g/mol. The number of hydrogen-bond acceptors (Lipinski definition) is 6. The van der Waals surface area contributed by atoms with E-state index in [1.165, 1.54) is 11.4 Å². The van der Waals surface area contributed by atoms with E-state index in [2.05, 4.69) is 37.9 Å². The van der Waals surface area contributed by atoms with E-state index in [1.807, 2.05) is 12.1 Å². The number of piperidine rings is 3. The third-order valence-electron chi connectivity index (χ3n) is 8.48. The molecule has 1 atom stereocenters. The van der Waals surface area contributed by atoms with Crippen LogP contribution in [0.5, 0.6) is 0 Å². The maximum atomic E-state index is 13.1. The predicted octanol–water partition coefficient (Wildman–Crippen LogP) is 2.02. The molecule has 9 heteroatoms. The Balaban J connectivity index is 1.08. The van der Waals surface area contributed by atoms with Crippen LogP contribution in [0.2, 0.25) is 0 Å². The molecule has 0 radical (unpaired) electrons. The summed E-state index contributed by atoms with van der Waals surface area (Å²) in [7, 11) is 0. The van der Waals surface area contributed by atoms with Gasteiger partial charge in [0.1, 0.15) is 6.04 Å². The van der Waals surface area contributed by atoms with Crippen molar-refractivity contribution in [3.8, 4) is 0 Å². The predicted molar refractivity (Wildman–Crippen MR) is 133 cm³/mol. The van der Waals surface area contributed by atoms with Crippen molar-refractivity contribution in [1.29, 1.82) is 0 Å². The van der Waals surface area contributed by atoms with Crippen LogP contribution >= 0.6 is 0 Å². The van der Waals surface area contributed by atoms with E-state index in [1.54, 1.807) is 4.90 Å². The minimum Gasteiger partial charge on any atom is -0.322 e. The Labute approximate surface area is 211 Å². The smallest absolute Gasteiger partial charge is 0.255 e. The zero-order valence-corrected chi connectivity index (χ0v) is 20.6. The van der Waals surface area contributed by atoms with Crippen LogP contribution in [-0.2, 0) is 22.7 Å². The maximum absolute atomic E-state index is 13.1. The summed E-state index contributed by atoms with van der Waals surface area (Å²) >= 11 is 0. The van der Waals surface area contributed by atoms with Gasteiger partial charge in [0.25, 0.3) is 5.91 Å². The van der Waals surface area contributed by atoms with Crippen molar-refractivity contribution < 1.29 is 14.4 Å². The van der Waals surface area contributed by atoms with Gasteiger partial charge in [-0.2, -0.15) is 5.10 Å². The number of aromatic amines is 1. The minimum absolute atomic E-state index is 0.108. The number of nitrogens with one attached hydrogen (secondary N) is 3. The standard InChI is InChI=1S/C27H34N6O3/c34-25-5-4-24(26(35)29-25)33-16-21-19(2-1-3-20(21)27(33)36)15-32-12-8-18(9-13-32)23-14-22(30-31-23)17-6-10-28-11-7-17/h1-3,14,17-18,24,28H,4-13,15-16H2,(H,30,31)(H,29,34,35). The number of amides is 3. The summed E-state index contributed by atoms with van der Waals surface area (Å²) in [6.45, 7) is 5.38. The number of carbonyl (C=O) groups is 3. The second-order valence-electron chi connectivity index (χ2n) is 10.7. The fraction of sp³-hybridized carbons (Fsp3) is 0.556. The molecular formula is C27H34N6O3. The van der Waals surface area contributed by atoms with Crippen molar-refractivity contribution in [2.75, 3.05) is 26.2 Å². The number of rotatable bonds is 5. The van der Waals surface area contributed by atoms with E-state index in [-0.39, 0.29) is 24.1 Å². The molecule has 6 rings (SSSR count). The third-order valence-corrected chi connectivity index (χ3v) is 8.48.